The molecule has 8 heteroatoms. The number of amides is 1. The van der Waals surface area contributed by atoms with E-state index in [9.17, 15) is 4.79 Å². The van der Waals surface area contributed by atoms with Gasteiger partial charge in [-0.2, -0.15) is 0 Å². The van der Waals surface area contributed by atoms with Crippen molar-refractivity contribution in [2.24, 2.45) is 5.92 Å². The molecule has 4 aromatic rings. The van der Waals surface area contributed by atoms with Gasteiger partial charge in [-0.1, -0.05) is 24.6 Å². The van der Waals surface area contributed by atoms with Crippen LogP contribution in [0.25, 0.3) is 21.9 Å². The molecule has 3 saturated heterocycles. The third-order valence-corrected chi connectivity index (χ3v) is 9.76. The van der Waals surface area contributed by atoms with E-state index in [2.05, 4.69) is 20.1 Å². The molecule has 5 heterocycles. The number of methoxy groups -OCH3 is 1. The Hall–Kier alpha value is -3.49. The zero-order chi connectivity index (χ0) is 28.5. The number of para-hydroxylation sites is 1. The summed E-state index contributed by atoms with van der Waals surface area (Å²) >= 11 is 0. The minimum atomic E-state index is -0.0475. The Morgan fingerprint density at radius 3 is 2.69 bits per heavy atom. The minimum Gasteiger partial charge on any atom is -0.493 e. The SMILES string of the molecule is COc1cccc2c(COc3cccc4[nH]c(C(=O)NC5CCN(C[C@@H]6CCCN7CCCC[C@H]67)CC5)cc34)coc12. The molecular weight excluding hydrogens is 528 g/mol. The molecule has 0 spiro atoms. The Morgan fingerprint density at radius 2 is 1.81 bits per heavy atom. The Bertz CT molecular complexity index is 1530. The Morgan fingerprint density at radius 1 is 0.976 bits per heavy atom. The van der Waals surface area contributed by atoms with Crippen LogP contribution in [-0.2, 0) is 6.61 Å². The molecule has 3 aliphatic rings. The number of ether oxygens (including phenoxy) is 2. The highest BCUT2D eigenvalue weighted by atomic mass is 16.5. The number of piperidine rings is 3. The average Bonchev–Trinajstić information content (AvgIpc) is 3.66. The molecule has 0 bridgehead atoms. The molecule has 7 rings (SSSR count). The number of likely N-dealkylation sites (tertiary alicyclic amines) is 1. The van der Waals surface area contributed by atoms with Crippen LogP contribution in [0, 0.1) is 5.92 Å². The normalized spacial score (nSPS) is 22.3. The largest absolute Gasteiger partial charge is 0.493 e. The van der Waals surface area contributed by atoms with Crippen molar-refractivity contribution in [2.75, 3.05) is 39.8 Å². The van der Waals surface area contributed by atoms with Crippen molar-refractivity contribution in [3.63, 3.8) is 0 Å². The van der Waals surface area contributed by atoms with Crippen LogP contribution in [0.5, 0.6) is 11.5 Å². The molecule has 0 radical (unpaired) electrons. The third-order valence-electron chi connectivity index (χ3n) is 9.76. The lowest BCUT2D eigenvalue weighted by molar-refractivity contribution is 0.0351. The van der Waals surface area contributed by atoms with Crippen molar-refractivity contribution in [3.8, 4) is 11.5 Å². The van der Waals surface area contributed by atoms with Gasteiger partial charge in [0.1, 0.15) is 18.1 Å². The van der Waals surface area contributed by atoms with E-state index in [1.165, 1.54) is 51.7 Å². The number of nitrogens with zero attached hydrogens (tertiary/aromatic N) is 2. The molecule has 42 heavy (non-hydrogen) atoms. The van der Waals surface area contributed by atoms with Crippen molar-refractivity contribution in [3.05, 3.63) is 60.0 Å². The van der Waals surface area contributed by atoms with Crippen molar-refractivity contribution >= 4 is 27.8 Å². The number of aromatic nitrogens is 1. The number of aromatic amines is 1. The number of nitrogens with one attached hydrogen (secondary N) is 2. The van der Waals surface area contributed by atoms with Crippen LogP contribution in [0.4, 0.5) is 0 Å². The van der Waals surface area contributed by atoms with Gasteiger partial charge < -0.3 is 34.0 Å². The second-order valence-electron chi connectivity index (χ2n) is 12.3. The summed E-state index contributed by atoms with van der Waals surface area (Å²) in [5, 5.41) is 5.16. The molecule has 2 N–H and O–H groups in total. The molecule has 0 unspecified atom stereocenters. The summed E-state index contributed by atoms with van der Waals surface area (Å²) in [5.41, 5.74) is 3.12. The summed E-state index contributed by atoms with van der Waals surface area (Å²) in [5.74, 6) is 2.19. The molecule has 0 saturated carbocycles. The number of hydrogen-bond donors (Lipinski definition) is 2. The summed E-state index contributed by atoms with van der Waals surface area (Å²) in [6, 6.07) is 14.6. The zero-order valence-electron chi connectivity index (χ0n) is 24.6. The monoisotopic (exact) mass is 570 g/mol. The molecule has 2 atom stereocenters. The predicted molar refractivity (Wildman–Crippen MR) is 164 cm³/mol. The van der Waals surface area contributed by atoms with Crippen LogP contribution >= 0.6 is 0 Å². The summed E-state index contributed by atoms with van der Waals surface area (Å²) in [4.78, 5) is 22.0. The molecule has 3 fully saturated rings. The highest BCUT2D eigenvalue weighted by molar-refractivity contribution is 5.99. The van der Waals surface area contributed by atoms with E-state index in [4.69, 9.17) is 13.9 Å². The maximum Gasteiger partial charge on any atom is 0.267 e. The van der Waals surface area contributed by atoms with Crippen molar-refractivity contribution in [1.29, 1.82) is 0 Å². The Labute approximate surface area is 247 Å². The van der Waals surface area contributed by atoms with Crippen LogP contribution in [0.1, 0.15) is 61.0 Å². The van der Waals surface area contributed by atoms with E-state index in [-0.39, 0.29) is 11.9 Å². The summed E-state index contributed by atoms with van der Waals surface area (Å²) in [6.45, 7) is 6.29. The van der Waals surface area contributed by atoms with Crippen LogP contribution < -0.4 is 14.8 Å². The van der Waals surface area contributed by atoms with Crippen LogP contribution in [0.15, 0.2) is 53.1 Å². The van der Waals surface area contributed by atoms with Gasteiger partial charge in [-0.15, -0.1) is 0 Å². The van der Waals surface area contributed by atoms with Crippen molar-refractivity contribution in [2.45, 2.75) is 63.6 Å². The molecule has 0 aliphatic carbocycles. The molecular formula is C34H42N4O4. The Kier molecular flexibility index (Phi) is 7.82. The fraction of sp³-hybridized carbons (Fsp3) is 0.500. The second kappa shape index (κ2) is 12.0. The fourth-order valence-corrected chi connectivity index (χ4v) is 7.53. The smallest absolute Gasteiger partial charge is 0.267 e. The van der Waals surface area contributed by atoms with E-state index in [1.54, 1.807) is 13.4 Å². The van der Waals surface area contributed by atoms with Gasteiger partial charge in [0, 0.05) is 53.6 Å². The quantitative estimate of drug-likeness (QED) is 0.272. The molecule has 3 aliphatic heterocycles. The first-order valence-electron chi connectivity index (χ1n) is 15.7. The van der Waals surface area contributed by atoms with Gasteiger partial charge >= 0.3 is 0 Å². The number of H-pyrrole nitrogens is 1. The summed E-state index contributed by atoms with van der Waals surface area (Å²) in [6.07, 6.45) is 10.6. The first-order valence-corrected chi connectivity index (χ1v) is 15.7. The zero-order valence-corrected chi connectivity index (χ0v) is 24.6. The second-order valence-corrected chi connectivity index (χ2v) is 12.3. The lowest BCUT2D eigenvalue weighted by atomic mass is 9.83. The third kappa shape index (κ3) is 5.50. The summed E-state index contributed by atoms with van der Waals surface area (Å²) < 4.78 is 17.4. The number of rotatable bonds is 8. The number of fused-ring (bicyclic) bond motifs is 3. The van der Waals surface area contributed by atoms with Gasteiger partial charge in [-0.3, -0.25) is 4.79 Å². The van der Waals surface area contributed by atoms with E-state index < -0.39 is 0 Å². The summed E-state index contributed by atoms with van der Waals surface area (Å²) in [7, 11) is 1.64. The maximum absolute atomic E-state index is 13.3. The van der Waals surface area contributed by atoms with Gasteiger partial charge in [0.25, 0.3) is 5.91 Å². The number of furan rings is 1. The van der Waals surface area contributed by atoms with E-state index in [1.807, 2.05) is 42.5 Å². The van der Waals surface area contributed by atoms with Crippen LogP contribution in [-0.4, -0.2) is 72.6 Å². The topological polar surface area (TPSA) is 83.0 Å². The van der Waals surface area contributed by atoms with Gasteiger partial charge in [0.05, 0.1) is 13.4 Å². The van der Waals surface area contributed by atoms with Crippen LogP contribution in [0.2, 0.25) is 0 Å². The van der Waals surface area contributed by atoms with Crippen LogP contribution in [0.3, 0.4) is 0 Å². The van der Waals surface area contributed by atoms with Gasteiger partial charge in [-0.25, -0.2) is 0 Å². The highest BCUT2D eigenvalue weighted by Crippen LogP contribution is 2.33. The molecule has 2 aromatic heterocycles. The lowest BCUT2D eigenvalue weighted by Gasteiger charge is -2.46. The van der Waals surface area contributed by atoms with E-state index in [0.29, 0.717) is 23.6 Å². The Balaban J connectivity index is 0.952. The number of hydrogen-bond acceptors (Lipinski definition) is 6. The van der Waals surface area contributed by atoms with Crippen molar-refractivity contribution < 1.29 is 18.7 Å². The first kappa shape index (κ1) is 27.3. The van der Waals surface area contributed by atoms with Gasteiger partial charge in [0.2, 0.25) is 0 Å². The van der Waals surface area contributed by atoms with E-state index >= 15 is 0 Å². The maximum atomic E-state index is 13.3. The first-order chi connectivity index (χ1) is 20.7. The predicted octanol–water partition coefficient (Wildman–Crippen LogP) is 5.96. The van der Waals surface area contributed by atoms with E-state index in [0.717, 1.165) is 65.5 Å². The number of carbonyl (C=O) groups is 1. The molecule has 1 amide bonds. The fourth-order valence-electron chi connectivity index (χ4n) is 7.53. The molecule has 222 valence electrons. The van der Waals surface area contributed by atoms with Gasteiger partial charge in [-0.05, 0) is 81.8 Å². The average molecular weight is 571 g/mol. The minimum absolute atomic E-state index is 0.0475. The lowest BCUT2D eigenvalue weighted by Crippen LogP contribution is -2.52. The molecule has 2 aromatic carbocycles. The van der Waals surface area contributed by atoms with Gasteiger partial charge in [0.15, 0.2) is 11.3 Å². The highest BCUT2D eigenvalue weighted by Gasteiger charge is 2.34. The standard InChI is InChI=1S/C34H42N4O4/c1-40-32-12-4-8-26-24(22-42-33(26)32)21-41-31-11-5-9-28-27(31)19-29(36-28)34(39)35-25-13-17-37(18-14-25)20-23-7-6-16-38-15-3-2-10-30(23)38/h4-5,8-9,11-12,19,22-23,25,30,36H,2-3,6-7,10,13-18,20-21H2,1H3,(H,35,39)/t23-,30+/m0/s1. The molecule has 8 nitrogen and oxygen atoms in total. The van der Waals surface area contributed by atoms with Crippen molar-refractivity contribution in [1.82, 2.24) is 20.1 Å². The number of carbonyl (C=O) groups excluding carboxylic acids is 1. The number of benzene rings is 2.